The van der Waals surface area contributed by atoms with Gasteiger partial charge in [-0.25, -0.2) is 9.97 Å². The number of nitrogens with one attached hydrogen (secondary N) is 1. The number of aromatic nitrogens is 2. The van der Waals surface area contributed by atoms with E-state index in [4.69, 9.17) is 0 Å². The highest BCUT2D eigenvalue weighted by Gasteiger charge is 2.14. The zero-order valence-electron chi connectivity index (χ0n) is 10.1. The summed E-state index contributed by atoms with van der Waals surface area (Å²) in [4.78, 5) is 11.0. The summed E-state index contributed by atoms with van der Waals surface area (Å²) in [6.45, 7) is 9.62. The van der Waals surface area contributed by atoms with Gasteiger partial charge in [0.1, 0.15) is 5.82 Å². The third-order valence-electron chi connectivity index (χ3n) is 2.89. The molecule has 1 saturated heterocycles. The van der Waals surface area contributed by atoms with Crippen LogP contribution < -0.4 is 5.32 Å². The van der Waals surface area contributed by atoms with E-state index in [1.807, 2.05) is 19.2 Å². The summed E-state index contributed by atoms with van der Waals surface area (Å²) in [5.41, 5.74) is 1.13. The van der Waals surface area contributed by atoms with Crippen LogP contribution in [-0.2, 0) is 6.54 Å². The van der Waals surface area contributed by atoms with Crippen LogP contribution in [0.1, 0.15) is 18.4 Å². The van der Waals surface area contributed by atoms with Crippen LogP contribution in [-0.4, -0.2) is 41.0 Å². The average Bonchev–Trinajstić information content (AvgIpc) is 2.43. The first kappa shape index (κ1) is 11.5. The van der Waals surface area contributed by atoms with Crippen molar-refractivity contribution in [2.24, 2.45) is 5.92 Å². The second-order valence-electron chi connectivity index (χ2n) is 4.64. The lowest BCUT2D eigenvalue weighted by molar-refractivity contribution is 0.253. The second kappa shape index (κ2) is 5.37. The summed E-state index contributed by atoms with van der Waals surface area (Å²) in [5.74, 6) is 1.57. The minimum absolute atomic E-state index is 0.713. The Kier molecular flexibility index (Phi) is 3.85. The normalized spacial score (nSPS) is 23.0. The summed E-state index contributed by atoms with van der Waals surface area (Å²) in [7, 11) is 0. The van der Waals surface area contributed by atoms with Crippen molar-refractivity contribution in [2.45, 2.75) is 20.4 Å². The molecular weight excluding hydrogens is 200 g/mol. The SMILES string of the molecule is Cc1nccc(CN2CCNCC(C)C2)n1. The molecule has 1 aliphatic heterocycles. The van der Waals surface area contributed by atoms with Gasteiger partial charge in [-0.3, -0.25) is 4.90 Å². The lowest BCUT2D eigenvalue weighted by Gasteiger charge is -2.21. The Balaban J connectivity index is 1.97. The van der Waals surface area contributed by atoms with E-state index in [9.17, 15) is 0 Å². The van der Waals surface area contributed by atoms with E-state index in [2.05, 4.69) is 27.1 Å². The lowest BCUT2D eigenvalue weighted by atomic mass is 10.2. The molecule has 0 radical (unpaired) electrons. The van der Waals surface area contributed by atoms with Crippen molar-refractivity contribution in [3.8, 4) is 0 Å². The first-order chi connectivity index (χ1) is 7.74. The maximum absolute atomic E-state index is 4.45. The minimum Gasteiger partial charge on any atom is -0.315 e. The minimum atomic E-state index is 0.713. The summed E-state index contributed by atoms with van der Waals surface area (Å²) in [6.07, 6.45) is 1.84. The van der Waals surface area contributed by atoms with Gasteiger partial charge in [-0.05, 0) is 25.5 Å². The summed E-state index contributed by atoms with van der Waals surface area (Å²) < 4.78 is 0. The Morgan fingerprint density at radius 1 is 1.56 bits per heavy atom. The standard InChI is InChI=1S/C12H20N4/c1-10-7-13-5-6-16(8-10)9-12-3-4-14-11(2)15-12/h3-4,10,13H,5-9H2,1-2H3. The molecule has 1 unspecified atom stereocenters. The predicted molar refractivity (Wildman–Crippen MR) is 64.1 cm³/mol. The molecule has 2 heterocycles. The van der Waals surface area contributed by atoms with E-state index >= 15 is 0 Å². The van der Waals surface area contributed by atoms with Crippen LogP contribution in [0.4, 0.5) is 0 Å². The second-order valence-corrected chi connectivity index (χ2v) is 4.64. The highest BCUT2D eigenvalue weighted by molar-refractivity contribution is 5.01. The molecule has 2 rings (SSSR count). The molecule has 1 aliphatic rings. The number of nitrogens with zero attached hydrogens (tertiary/aromatic N) is 3. The Morgan fingerprint density at radius 3 is 3.25 bits per heavy atom. The van der Waals surface area contributed by atoms with Crippen molar-refractivity contribution in [3.63, 3.8) is 0 Å². The molecule has 4 nitrogen and oxygen atoms in total. The number of hydrogen-bond donors (Lipinski definition) is 1. The Morgan fingerprint density at radius 2 is 2.44 bits per heavy atom. The summed E-state index contributed by atoms with van der Waals surface area (Å²) in [6, 6.07) is 2.01. The fourth-order valence-corrected chi connectivity index (χ4v) is 2.15. The Hall–Kier alpha value is -1.00. The molecule has 1 aromatic rings. The molecule has 88 valence electrons. The predicted octanol–water partition coefficient (Wildman–Crippen LogP) is 0.826. The van der Waals surface area contributed by atoms with Gasteiger partial charge in [-0.2, -0.15) is 0 Å². The topological polar surface area (TPSA) is 41.1 Å². The first-order valence-corrected chi connectivity index (χ1v) is 5.95. The van der Waals surface area contributed by atoms with Gasteiger partial charge in [-0.15, -0.1) is 0 Å². The molecule has 0 bridgehead atoms. The van der Waals surface area contributed by atoms with Crippen LogP contribution in [0.2, 0.25) is 0 Å². The molecule has 0 amide bonds. The van der Waals surface area contributed by atoms with Crippen LogP contribution >= 0.6 is 0 Å². The van der Waals surface area contributed by atoms with Crippen molar-refractivity contribution in [1.29, 1.82) is 0 Å². The van der Waals surface area contributed by atoms with Crippen molar-refractivity contribution in [3.05, 3.63) is 23.8 Å². The third-order valence-corrected chi connectivity index (χ3v) is 2.89. The quantitative estimate of drug-likeness (QED) is 0.801. The maximum atomic E-state index is 4.45. The van der Waals surface area contributed by atoms with Crippen molar-refractivity contribution < 1.29 is 0 Å². The molecule has 0 aromatic carbocycles. The van der Waals surface area contributed by atoms with Gasteiger partial charge in [0.05, 0.1) is 5.69 Å². The van der Waals surface area contributed by atoms with Gasteiger partial charge < -0.3 is 5.32 Å². The van der Waals surface area contributed by atoms with E-state index in [1.165, 1.54) is 0 Å². The van der Waals surface area contributed by atoms with E-state index in [0.29, 0.717) is 5.92 Å². The molecule has 1 fully saturated rings. The highest BCUT2D eigenvalue weighted by Crippen LogP contribution is 2.07. The number of rotatable bonds is 2. The van der Waals surface area contributed by atoms with Gasteiger partial charge in [0.2, 0.25) is 0 Å². The number of hydrogen-bond acceptors (Lipinski definition) is 4. The molecule has 4 heteroatoms. The number of aryl methyl sites for hydroxylation is 1. The van der Waals surface area contributed by atoms with Gasteiger partial charge in [0.25, 0.3) is 0 Å². The van der Waals surface area contributed by atoms with Gasteiger partial charge in [0.15, 0.2) is 0 Å². The lowest BCUT2D eigenvalue weighted by Crippen LogP contribution is -2.29. The third kappa shape index (κ3) is 3.25. The monoisotopic (exact) mass is 220 g/mol. The molecule has 0 saturated carbocycles. The van der Waals surface area contributed by atoms with Crippen LogP contribution in [0, 0.1) is 12.8 Å². The van der Waals surface area contributed by atoms with E-state index in [-0.39, 0.29) is 0 Å². The highest BCUT2D eigenvalue weighted by atomic mass is 15.2. The fraction of sp³-hybridized carbons (Fsp3) is 0.667. The molecule has 0 spiro atoms. The van der Waals surface area contributed by atoms with Gasteiger partial charge in [0, 0.05) is 32.4 Å². The summed E-state index contributed by atoms with van der Waals surface area (Å²) in [5, 5.41) is 3.45. The van der Waals surface area contributed by atoms with Crippen LogP contribution in [0.3, 0.4) is 0 Å². The van der Waals surface area contributed by atoms with Crippen molar-refractivity contribution >= 4 is 0 Å². The molecule has 1 aromatic heterocycles. The molecular formula is C12H20N4. The van der Waals surface area contributed by atoms with E-state index in [1.54, 1.807) is 0 Å². The molecule has 1 atom stereocenters. The van der Waals surface area contributed by atoms with E-state index in [0.717, 1.165) is 44.2 Å². The largest absolute Gasteiger partial charge is 0.315 e. The van der Waals surface area contributed by atoms with Gasteiger partial charge >= 0.3 is 0 Å². The Bertz CT molecular complexity index is 340. The molecule has 0 aliphatic carbocycles. The van der Waals surface area contributed by atoms with Crippen LogP contribution in [0.25, 0.3) is 0 Å². The molecule has 1 N–H and O–H groups in total. The van der Waals surface area contributed by atoms with Crippen molar-refractivity contribution in [2.75, 3.05) is 26.2 Å². The van der Waals surface area contributed by atoms with E-state index < -0.39 is 0 Å². The average molecular weight is 220 g/mol. The van der Waals surface area contributed by atoms with Crippen LogP contribution in [0.15, 0.2) is 12.3 Å². The zero-order valence-corrected chi connectivity index (χ0v) is 10.1. The maximum Gasteiger partial charge on any atom is 0.125 e. The summed E-state index contributed by atoms with van der Waals surface area (Å²) >= 11 is 0. The molecule has 16 heavy (non-hydrogen) atoms. The van der Waals surface area contributed by atoms with Gasteiger partial charge in [-0.1, -0.05) is 6.92 Å². The fourth-order valence-electron chi connectivity index (χ4n) is 2.15. The Labute approximate surface area is 97.1 Å². The first-order valence-electron chi connectivity index (χ1n) is 5.95. The smallest absolute Gasteiger partial charge is 0.125 e. The zero-order chi connectivity index (χ0) is 11.4. The van der Waals surface area contributed by atoms with Crippen LogP contribution in [0.5, 0.6) is 0 Å². The van der Waals surface area contributed by atoms with Crippen molar-refractivity contribution in [1.82, 2.24) is 20.2 Å².